The molecule has 0 aliphatic carbocycles. The lowest BCUT2D eigenvalue weighted by Crippen LogP contribution is -2.48. The van der Waals surface area contributed by atoms with Gasteiger partial charge in [-0.3, -0.25) is 4.90 Å². The van der Waals surface area contributed by atoms with Gasteiger partial charge in [0.2, 0.25) is 5.88 Å². The fraction of sp³-hybridized carbons (Fsp3) is 0.737. The van der Waals surface area contributed by atoms with E-state index < -0.39 is 11.7 Å². The lowest BCUT2D eigenvalue weighted by molar-refractivity contribution is -0.139. The third-order valence-corrected chi connectivity index (χ3v) is 5.30. The fourth-order valence-electron chi connectivity index (χ4n) is 4.04. The highest BCUT2D eigenvalue weighted by Gasteiger charge is 2.50. The average Bonchev–Trinajstić information content (AvgIpc) is 3.09. The van der Waals surface area contributed by atoms with Gasteiger partial charge in [-0.05, 0) is 65.1 Å². The highest BCUT2D eigenvalue weighted by Crippen LogP contribution is 2.43. The van der Waals surface area contributed by atoms with Gasteiger partial charge in [0.25, 0.3) is 0 Å². The Hall–Kier alpha value is -1.34. The van der Waals surface area contributed by atoms with Crippen LogP contribution in [0.5, 0.6) is 5.88 Å². The largest absolute Gasteiger partial charge is 0.476 e. The van der Waals surface area contributed by atoms with E-state index in [1.54, 1.807) is 0 Å². The minimum atomic E-state index is -4.46. The molecule has 4 nitrogen and oxygen atoms in total. The van der Waals surface area contributed by atoms with Crippen molar-refractivity contribution in [3.8, 4) is 5.88 Å². The second-order valence-electron chi connectivity index (χ2n) is 8.28. The van der Waals surface area contributed by atoms with Crippen molar-refractivity contribution in [3.05, 3.63) is 23.9 Å². The van der Waals surface area contributed by atoms with Crippen molar-refractivity contribution in [2.45, 2.75) is 69.8 Å². The summed E-state index contributed by atoms with van der Waals surface area (Å²) < 4.78 is 50.9. The van der Waals surface area contributed by atoms with Gasteiger partial charge in [0.05, 0.1) is 12.2 Å². The summed E-state index contributed by atoms with van der Waals surface area (Å²) in [6.45, 7) is 7.94. The van der Waals surface area contributed by atoms with E-state index in [9.17, 15) is 13.2 Å². The molecule has 146 valence electrons. The maximum Gasteiger partial charge on any atom is 0.421 e. The van der Waals surface area contributed by atoms with Crippen LogP contribution >= 0.6 is 0 Å². The molecular formula is C19H27F3N2O2. The monoisotopic (exact) mass is 372 g/mol. The van der Waals surface area contributed by atoms with Crippen molar-refractivity contribution in [2.24, 2.45) is 0 Å². The van der Waals surface area contributed by atoms with Gasteiger partial charge in [-0.1, -0.05) is 0 Å². The molecule has 1 aromatic rings. The van der Waals surface area contributed by atoms with Crippen LogP contribution in [0.4, 0.5) is 13.2 Å². The summed E-state index contributed by atoms with van der Waals surface area (Å²) in [5.74, 6) is -0.331. The summed E-state index contributed by atoms with van der Waals surface area (Å²) in [6, 6.07) is 2.39. The van der Waals surface area contributed by atoms with E-state index in [1.165, 1.54) is 12.3 Å². The Bertz CT molecular complexity index is 630. The zero-order chi connectivity index (χ0) is 19.0. The van der Waals surface area contributed by atoms with Crippen molar-refractivity contribution < 1.29 is 22.6 Å². The summed E-state index contributed by atoms with van der Waals surface area (Å²) >= 11 is 0. The van der Waals surface area contributed by atoms with Crippen molar-refractivity contribution in [1.29, 1.82) is 0 Å². The Balaban J connectivity index is 1.66. The zero-order valence-corrected chi connectivity index (χ0v) is 15.6. The maximum absolute atomic E-state index is 13.1. The molecule has 2 saturated heterocycles. The SMILES string of the molecule is CC(C)(C)OC[C@@]12CCCN1[C@H](COc1ncccc1C(F)(F)F)CC2. The van der Waals surface area contributed by atoms with Crippen LogP contribution in [0.25, 0.3) is 0 Å². The zero-order valence-electron chi connectivity index (χ0n) is 15.6. The molecule has 0 aromatic carbocycles. The molecule has 0 saturated carbocycles. The van der Waals surface area contributed by atoms with Crippen LogP contribution < -0.4 is 4.74 Å². The molecule has 0 amide bonds. The number of hydrogen-bond acceptors (Lipinski definition) is 4. The van der Waals surface area contributed by atoms with E-state index in [1.807, 2.05) is 20.8 Å². The summed E-state index contributed by atoms with van der Waals surface area (Å²) in [5.41, 5.74) is -1.02. The smallest absolute Gasteiger partial charge is 0.421 e. The Labute approximate surface area is 152 Å². The van der Waals surface area contributed by atoms with E-state index in [2.05, 4.69) is 9.88 Å². The molecule has 26 heavy (non-hydrogen) atoms. The molecule has 0 unspecified atom stereocenters. The molecule has 7 heteroatoms. The molecule has 1 aromatic heterocycles. The molecule has 0 bridgehead atoms. The van der Waals surface area contributed by atoms with Gasteiger partial charge in [-0.2, -0.15) is 13.2 Å². The summed E-state index contributed by atoms with van der Waals surface area (Å²) in [4.78, 5) is 6.18. The third kappa shape index (κ3) is 4.14. The van der Waals surface area contributed by atoms with Gasteiger partial charge in [0, 0.05) is 17.8 Å². The molecule has 0 N–H and O–H groups in total. The second kappa shape index (κ2) is 7.00. The van der Waals surface area contributed by atoms with E-state index in [-0.39, 0.29) is 29.7 Å². The number of halogens is 3. The van der Waals surface area contributed by atoms with Crippen LogP contribution in [0.1, 0.15) is 52.0 Å². The van der Waals surface area contributed by atoms with Gasteiger partial charge in [-0.25, -0.2) is 4.98 Å². The molecule has 2 fully saturated rings. The normalized spacial score (nSPS) is 26.9. The first kappa shape index (κ1) is 19.4. The summed E-state index contributed by atoms with van der Waals surface area (Å²) in [5, 5.41) is 0. The van der Waals surface area contributed by atoms with Crippen LogP contribution in [0.2, 0.25) is 0 Å². The standard InChI is InChI=1S/C19H27F3N2O2/c1-17(2,3)26-13-18-8-5-11-24(18)14(7-9-18)12-25-16-15(19(20,21)22)6-4-10-23-16/h4,6,10,14H,5,7-9,11-13H2,1-3H3/t14-,18-/m0/s1. The molecule has 3 rings (SSSR count). The number of nitrogens with zero attached hydrogens (tertiary/aromatic N) is 2. The molecule has 2 aliphatic rings. The second-order valence-corrected chi connectivity index (χ2v) is 8.28. The van der Waals surface area contributed by atoms with Gasteiger partial charge >= 0.3 is 6.18 Å². The highest BCUT2D eigenvalue weighted by molar-refractivity contribution is 5.28. The first-order valence-electron chi connectivity index (χ1n) is 9.16. The van der Waals surface area contributed by atoms with Crippen LogP contribution in [0, 0.1) is 0 Å². The summed E-state index contributed by atoms with van der Waals surface area (Å²) in [6.07, 6.45) is 0.916. The maximum atomic E-state index is 13.1. The lowest BCUT2D eigenvalue weighted by Gasteiger charge is -2.37. The Morgan fingerprint density at radius 2 is 2.04 bits per heavy atom. The van der Waals surface area contributed by atoms with E-state index in [0.29, 0.717) is 6.61 Å². The van der Waals surface area contributed by atoms with Crippen molar-refractivity contribution in [1.82, 2.24) is 9.88 Å². The van der Waals surface area contributed by atoms with Crippen molar-refractivity contribution in [3.63, 3.8) is 0 Å². The number of alkyl halides is 3. The minimum absolute atomic E-state index is 0.00171. The fourth-order valence-corrected chi connectivity index (χ4v) is 4.04. The summed E-state index contributed by atoms with van der Waals surface area (Å²) in [7, 11) is 0. The van der Waals surface area contributed by atoms with E-state index in [0.717, 1.165) is 38.3 Å². The topological polar surface area (TPSA) is 34.6 Å². The van der Waals surface area contributed by atoms with E-state index in [4.69, 9.17) is 9.47 Å². The average molecular weight is 372 g/mol. The number of hydrogen-bond donors (Lipinski definition) is 0. The van der Waals surface area contributed by atoms with Gasteiger partial charge < -0.3 is 9.47 Å². The van der Waals surface area contributed by atoms with Crippen LogP contribution in [0.15, 0.2) is 18.3 Å². The highest BCUT2D eigenvalue weighted by atomic mass is 19.4. The van der Waals surface area contributed by atoms with Gasteiger partial charge in [-0.15, -0.1) is 0 Å². The number of rotatable bonds is 5. The predicted octanol–water partition coefficient (Wildman–Crippen LogP) is 4.29. The first-order chi connectivity index (χ1) is 12.1. The molecule has 3 heterocycles. The molecular weight excluding hydrogens is 345 g/mol. The number of ether oxygens (including phenoxy) is 2. The minimum Gasteiger partial charge on any atom is -0.476 e. The molecule has 2 aliphatic heterocycles. The van der Waals surface area contributed by atoms with Crippen molar-refractivity contribution in [2.75, 3.05) is 19.8 Å². The van der Waals surface area contributed by atoms with Gasteiger partial charge in [0.1, 0.15) is 12.2 Å². The Kier molecular flexibility index (Phi) is 5.23. The third-order valence-electron chi connectivity index (χ3n) is 5.30. The Morgan fingerprint density at radius 3 is 2.73 bits per heavy atom. The number of pyridine rings is 1. The van der Waals surface area contributed by atoms with E-state index >= 15 is 0 Å². The molecule has 0 spiro atoms. The molecule has 2 atom stereocenters. The number of fused-ring (bicyclic) bond motifs is 1. The van der Waals surface area contributed by atoms with Crippen LogP contribution in [-0.4, -0.2) is 46.8 Å². The van der Waals surface area contributed by atoms with Crippen LogP contribution in [0.3, 0.4) is 0 Å². The lowest BCUT2D eigenvalue weighted by atomic mass is 9.95. The predicted molar refractivity (Wildman–Crippen MR) is 92.1 cm³/mol. The number of aromatic nitrogens is 1. The van der Waals surface area contributed by atoms with Gasteiger partial charge in [0.15, 0.2) is 0 Å². The molecule has 0 radical (unpaired) electrons. The van der Waals surface area contributed by atoms with Crippen molar-refractivity contribution >= 4 is 0 Å². The first-order valence-corrected chi connectivity index (χ1v) is 9.16. The quantitative estimate of drug-likeness (QED) is 0.772. The Morgan fingerprint density at radius 1 is 1.27 bits per heavy atom. The van der Waals surface area contributed by atoms with Crippen LogP contribution in [-0.2, 0) is 10.9 Å².